The van der Waals surface area contributed by atoms with Gasteiger partial charge >= 0.3 is 6.61 Å². The zero-order valence-corrected chi connectivity index (χ0v) is 13.9. The van der Waals surface area contributed by atoms with Crippen LogP contribution in [0.4, 0.5) is 20.4 Å². The number of anilines is 2. The van der Waals surface area contributed by atoms with Crippen molar-refractivity contribution in [2.45, 2.75) is 33.0 Å². The molecule has 1 atom stereocenters. The van der Waals surface area contributed by atoms with Gasteiger partial charge in [0.2, 0.25) is 11.8 Å². The predicted octanol–water partition coefficient (Wildman–Crippen LogP) is 2.31. The molecule has 1 saturated heterocycles. The molecule has 0 aromatic carbocycles. The van der Waals surface area contributed by atoms with Gasteiger partial charge in [-0.1, -0.05) is 13.8 Å². The monoisotopic (exact) mass is 354 g/mol. The Bertz CT molecular complexity index is 709. The highest BCUT2D eigenvalue weighted by molar-refractivity contribution is 5.51. The second-order valence-corrected chi connectivity index (χ2v) is 6.43. The molecule has 8 nitrogen and oxygen atoms in total. The van der Waals surface area contributed by atoms with Crippen molar-refractivity contribution < 1.29 is 18.3 Å². The minimum absolute atomic E-state index is 0.0196. The number of alkyl halides is 2. The first kappa shape index (κ1) is 17.3. The summed E-state index contributed by atoms with van der Waals surface area (Å²) in [5.41, 5.74) is -0.0196. The zero-order chi connectivity index (χ0) is 17.9. The quantitative estimate of drug-likeness (QED) is 0.732. The van der Waals surface area contributed by atoms with Crippen molar-refractivity contribution in [3.05, 3.63) is 18.5 Å². The van der Waals surface area contributed by atoms with E-state index in [0.29, 0.717) is 17.5 Å². The molecule has 1 aliphatic rings. The standard InChI is InChI=1S/C15H20F2N6O2/c1-15(2)8-18-4-3-9(15)24-13-7-19-6-11(21-13)20-10-5-12(23-22-10)25-14(16)17/h5-7,9,14,18H,3-4,8H2,1-2H3,(H2,20,21,22,23). The summed E-state index contributed by atoms with van der Waals surface area (Å²) in [6.07, 6.45) is 3.94. The number of hydrogen-bond acceptors (Lipinski definition) is 7. The maximum absolute atomic E-state index is 12.2. The molecule has 1 unspecified atom stereocenters. The lowest BCUT2D eigenvalue weighted by molar-refractivity contribution is -0.0528. The van der Waals surface area contributed by atoms with Crippen molar-refractivity contribution in [1.29, 1.82) is 0 Å². The molecule has 0 bridgehead atoms. The molecule has 3 rings (SSSR count). The maximum Gasteiger partial charge on any atom is 0.388 e. The van der Waals surface area contributed by atoms with Crippen LogP contribution in [0.2, 0.25) is 0 Å². The van der Waals surface area contributed by atoms with Gasteiger partial charge in [0.15, 0.2) is 5.82 Å². The minimum atomic E-state index is -2.93. The van der Waals surface area contributed by atoms with Crippen LogP contribution in [0.25, 0.3) is 0 Å². The number of nitrogens with one attached hydrogen (secondary N) is 3. The Balaban J connectivity index is 1.66. The van der Waals surface area contributed by atoms with E-state index in [1.807, 2.05) is 0 Å². The van der Waals surface area contributed by atoms with Crippen LogP contribution < -0.4 is 20.1 Å². The Hall–Kier alpha value is -2.49. The molecule has 0 spiro atoms. The van der Waals surface area contributed by atoms with Crippen molar-refractivity contribution >= 4 is 11.6 Å². The van der Waals surface area contributed by atoms with Crippen molar-refractivity contribution in [2.75, 3.05) is 18.4 Å². The van der Waals surface area contributed by atoms with Crippen LogP contribution in [-0.4, -0.2) is 46.0 Å². The van der Waals surface area contributed by atoms with E-state index >= 15 is 0 Å². The third-order valence-corrected chi connectivity index (χ3v) is 3.94. The highest BCUT2D eigenvalue weighted by Crippen LogP contribution is 2.29. The Labute approximate surface area is 143 Å². The topological polar surface area (TPSA) is 97.0 Å². The van der Waals surface area contributed by atoms with E-state index in [1.165, 1.54) is 12.3 Å². The third-order valence-electron chi connectivity index (χ3n) is 3.94. The fourth-order valence-electron chi connectivity index (χ4n) is 2.63. The van der Waals surface area contributed by atoms with Gasteiger partial charge in [-0.05, 0) is 13.0 Å². The van der Waals surface area contributed by atoms with Crippen LogP contribution >= 0.6 is 0 Å². The number of halogens is 2. The van der Waals surface area contributed by atoms with E-state index in [-0.39, 0.29) is 17.4 Å². The fourth-order valence-corrected chi connectivity index (χ4v) is 2.63. The molecule has 0 amide bonds. The summed E-state index contributed by atoms with van der Waals surface area (Å²) in [7, 11) is 0. The number of hydrogen-bond donors (Lipinski definition) is 3. The molecule has 1 fully saturated rings. The van der Waals surface area contributed by atoms with Crippen molar-refractivity contribution in [3.8, 4) is 11.8 Å². The number of ether oxygens (including phenoxy) is 2. The van der Waals surface area contributed by atoms with E-state index in [0.717, 1.165) is 19.5 Å². The van der Waals surface area contributed by atoms with Gasteiger partial charge in [0.25, 0.3) is 0 Å². The molecule has 136 valence electrons. The maximum atomic E-state index is 12.2. The summed E-state index contributed by atoms with van der Waals surface area (Å²) in [5.74, 6) is 0.934. The van der Waals surface area contributed by atoms with E-state index in [4.69, 9.17) is 4.74 Å². The first-order chi connectivity index (χ1) is 11.9. The number of piperidine rings is 1. The molecule has 0 radical (unpaired) electrons. The lowest BCUT2D eigenvalue weighted by Crippen LogP contribution is -2.48. The third kappa shape index (κ3) is 4.53. The lowest BCUT2D eigenvalue weighted by atomic mass is 9.82. The summed E-state index contributed by atoms with van der Waals surface area (Å²) < 4.78 is 34.5. The van der Waals surface area contributed by atoms with Gasteiger partial charge in [-0.2, -0.15) is 13.8 Å². The van der Waals surface area contributed by atoms with Crippen molar-refractivity contribution in [2.24, 2.45) is 5.41 Å². The Morgan fingerprint density at radius 1 is 1.32 bits per heavy atom. The van der Waals surface area contributed by atoms with E-state index < -0.39 is 6.61 Å². The molecule has 3 heterocycles. The molecule has 2 aromatic rings. The van der Waals surface area contributed by atoms with E-state index in [1.54, 1.807) is 6.20 Å². The summed E-state index contributed by atoms with van der Waals surface area (Å²) in [4.78, 5) is 8.44. The normalized spacial score (nSPS) is 19.6. The van der Waals surface area contributed by atoms with Gasteiger partial charge in [0.1, 0.15) is 11.9 Å². The summed E-state index contributed by atoms with van der Waals surface area (Å²) in [6.45, 7) is 3.09. The molecule has 3 N–H and O–H groups in total. The molecule has 25 heavy (non-hydrogen) atoms. The minimum Gasteiger partial charge on any atom is -0.473 e. The lowest BCUT2D eigenvalue weighted by Gasteiger charge is -2.38. The van der Waals surface area contributed by atoms with Gasteiger partial charge in [0, 0.05) is 18.0 Å². The number of nitrogens with zero attached hydrogens (tertiary/aromatic N) is 3. The molecule has 2 aromatic heterocycles. The summed E-state index contributed by atoms with van der Waals surface area (Å²) in [5, 5.41) is 12.4. The number of H-pyrrole nitrogens is 1. The molecule has 0 aliphatic carbocycles. The van der Waals surface area contributed by atoms with Crippen LogP contribution in [0.3, 0.4) is 0 Å². The number of aromatic nitrogens is 4. The van der Waals surface area contributed by atoms with Crippen LogP contribution in [-0.2, 0) is 0 Å². The predicted molar refractivity (Wildman–Crippen MR) is 86.2 cm³/mol. The first-order valence-corrected chi connectivity index (χ1v) is 7.89. The molecule has 0 saturated carbocycles. The van der Waals surface area contributed by atoms with Gasteiger partial charge < -0.3 is 20.1 Å². The molecular formula is C15H20F2N6O2. The van der Waals surface area contributed by atoms with Gasteiger partial charge in [-0.3, -0.25) is 10.1 Å². The van der Waals surface area contributed by atoms with Crippen LogP contribution in [0, 0.1) is 5.41 Å². The van der Waals surface area contributed by atoms with E-state index in [9.17, 15) is 8.78 Å². The highest BCUT2D eigenvalue weighted by Gasteiger charge is 2.34. The molecule has 10 heteroatoms. The average Bonchev–Trinajstić information content (AvgIpc) is 2.96. The second-order valence-electron chi connectivity index (χ2n) is 6.43. The van der Waals surface area contributed by atoms with Crippen molar-refractivity contribution in [1.82, 2.24) is 25.5 Å². The second kappa shape index (κ2) is 7.18. The summed E-state index contributed by atoms with van der Waals surface area (Å²) in [6, 6.07) is 1.30. The molecular weight excluding hydrogens is 334 g/mol. The average molecular weight is 354 g/mol. The van der Waals surface area contributed by atoms with Gasteiger partial charge in [0.05, 0.1) is 12.4 Å². The number of aromatic amines is 1. The first-order valence-electron chi connectivity index (χ1n) is 7.89. The smallest absolute Gasteiger partial charge is 0.388 e. The van der Waals surface area contributed by atoms with Gasteiger partial charge in [-0.15, -0.1) is 5.10 Å². The van der Waals surface area contributed by atoms with Crippen LogP contribution in [0.5, 0.6) is 11.8 Å². The van der Waals surface area contributed by atoms with Crippen LogP contribution in [0.1, 0.15) is 20.3 Å². The van der Waals surface area contributed by atoms with Crippen molar-refractivity contribution in [3.63, 3.8) is 0 Å². The number of rotatable bonds is 6. The Morgan fingerprint density at radius 2 is 2.16 bits per heavy atom. The van der Waals surface area contributed by atoms with E-state index in [2.05, 4.69) is 49.4 Å². The van der Waals surface area contributed by atoms with Gasteiger partial charge in [-0.25, -0.2) is 0 Å². The Kier molecular flexibility index (Phi) is 4.98. The SMILES string of the molecule is CC1(C)CNCCC1Oc1cncc(Nc2cc(OC(F)F)n[nH]2)n1. The molecule has 1 aliphatic heterocycles. The fraction of sp³-hybridized carbons (Fsp3) is 0.533. The van der Waals surface area contributed by atoms with Crippen LogP contribution in [0.15, 0.2) is 18.5 Å². The largest absolute Gasteiger partial charge is 0.473 e. The zero-order valence-electron chi connectivity index (χ0n) is 13.9. The highest BCUT2D eigenvalue weighted by atomic mass is 19.3. The summed E-state index contributed by atoms with van der Waals surface area (Å²) >= 11 is 0. The Morgan fingerprint density at radius 3 is 2.92 bits per heavy atom.